The SMILES string of the molecule is CSc1nn(CC(=O)Nc2cc(C)cc(C)c2)c(NC(C)=O)c1-c1nc(-c2ccccc2)no1. The van der Waals surface area contributed by atoms with Crippen molar-refractivity contribution in [2.75, 3.05) is 16.9 Å². The molecule has 0 aliphatic heterocycles. The number of anilines is 2. The van der Waals surface area contributed by atoms with Gasteiger partial charge in [0, 0.05) is 18.2 Å². The number of nitrogens with one attached hydrogen (secondary N) is 2. The zero-order valence-corrected chi connectivity index (χ0v) is 20.1. The predicted octanol–water partition coefficient (Wildman–Crippen LogP) is 4.54. The minimum absolute atomic E-state index is 0.115. The summed E-state index contributed by atoms with van der Waals surface area (Å²) < 4.78 is 6.97. The van der Waals surface area contributed by atoms with Crippen LogP contribution in [0.5, 0.6) is 0 Å². The van der Waals surface area contributed by atoms with E-state index in [-0.39, 0.29) is 24.2 Å². The molecule has 0 unspecified atom stereocenters. The first kappa shape index (κ1) is 23.2. The van der Waals surface area contributed by atoms with E-state index in [9.17, 15) is 9.59 Å². The number of aryl methyl sites for hydroxylation is 2. The standard InChI is InChI=1S/C24H24N6O3S/c1-14-10-15(2)12-18(11-14)26-19(32)13-30-22(25-16(3)31)20(24(28-30)34-4)23-27-21(29-33-23)17-8-6-5-7-9-17/h5-12H,13H2,1-4H3,(H,25,31)(H,26,32). The fourth-order valence-corrected chi connectivity index (χ4v) is 4.17. The van der Waals surface area contributed by atoms with Crippen LogP contribution < -0.4 is 10.6 Å². The number of hydrogen-bond acceptors (Lipinski definition) is 7. The molecule has 34 heavy (non-hydrogen) atoms. The zero-order chi connectivity index (χ0) is 24.2. The molecule has 174 valence electrons. The first-order valence-corrected chi connectivity index (χ1v) is 11.8. The summed E-state index contributed by atoms with van der Waals surface area (Å²) in [4.78, 5) is 29.3. The van der Waals surface area contributed by atoms with Crippen molar-refractivity contribution in [3.05, 3.63) is 59.7 Å². The smallest absolute Gasteiger partial charge is 0.264 e. The van der Waals surface area contributed by atoms with Crippen LogP contribution in [0.15, 0.2) is 58.1 Å². The summed E-state index contributed by atoms with van der Waals surface area (Å²) in [6.45, 7) is 5.21. The van der Waals surface area contributed by atoms with E-state index in [1.165, 1.54) is 23.4 Å². The molecular weight excluding hydrogens is 452 g/mol. The molecule has 4 rings (SSSR count). The fourth-order valence-electron chi connectivity index (χ4n) is 3.60. The number of benzene rings is 2. The largest absolute Gasteiger partial charge is 0.333 e. The zero-order valence-electron chi connectivity index (χ0n) is 19.2. The van der Waals surface area contributed by atoms with E-state index in [2.05, 4.69) is 25.9 Å². The first-order chi connectivity index (χ1) is 16.3. The van der Waals surface area contributed by atoms with Crippen LogP contribution in [-0.2, 0) is 16.1 Å². The summed E-state index contributed by atoms with van der Waals surface area (Å²) >= 11 is 1.35. The lowest BCUT2D eigenvalue weighted by Crippen LogP contribution is -2.22. The van der Waals surface area contributed by atoms with Gasteiger partial charge < -0.3 is 15.2 Å². The van der Waals surface area contributed by atoms with Crippen molar-refractivity contribution in [2.45, 2.75) is 32.3 Å². The van der Waals surface area contributed by atoms with Crippen molar-refractivity contribution < 1.29 is 14.1 Å². The van der Waals surface area contributed by atoms with Gasteiger partial charge in [-0.05, 0) is 43.4 Å². The lowest BCUT2D eigenvalue weighted by molar-refractivity contribution is -0.117. The van der Waals surface area contributed by atoms with Crippen molar-refractivity contribution >= 4 is 35.1 Å². The predicted molar refractivity (Wildman–Crippen MR) is 132 cm³/mol. The van der Waals surface area contributed by atoms with Crippen LogP contribution in [0.25, 0.3) is 22.8 Å². The number of carbonyl (C=O) groups excluding carboxylic acids is 2. The van der Waals surface area contributed by atoms with Gasteiger partial charge in [0.15, 0.2) is 0 Å². The third kappa shape index (κ3) is 5.18. The van der Waals surface area contributed by atoms with Gasteiger partial charge in [0.1, 0.15) is 23.0 Å². The molecule has 0 aliphatic carbocycles. The summed E-state index contributed by atoms with van der Waals surface area (Å²) in [6.07, 6.45) is 1.85. The molecule has 0 radical (unpaired) electrons. The average molecular weight is 477 g/mol. The summed E-state index contributed by atoms with van der Waals surface area (Å²) in [5, 5.41) is 14.8. The highest BCUT2D eigenvalue weighted by molar-refractivity contribution is 7.98. The lowest BCUT2D eigenvalue weighted by atomic mass is 10.1. The number of carbonyl (C=O) groups is 2. The van der Waals surface area contributed by atoms with E-state index in [1.54, 1.807) is 0 Å². The highest BCUT2D eigenvalue weighted by Crippen LogP contribution is 2.36. The second-order valence-electron chi connectivity index (χ2n) is 7.79. The maximum atomic E-state index is 12.8. The highest BCUT2D eigenvalue weighted by Gasteiger charge is 2.26. The van der Waals surface area contributed by atoms with E-state index in [1.807, 2.05) is 68.6 Å². The van der Waals surface area contributed by atoms with Crippen LogP contribution in [0, 0.1) is 13.8 Å². The van der Waals surface area contributed by atoms with Gasteiger partial charge >= 0.3 is 0 Å². The Morgan fingerprint density at radius 2 is 1.76 bits per heavy atom. The van der Waals surface area contributed by atoms with Gasteiger partial charge in [0.25, 0.3) is 5.89 Å². The Hall–Kier alpha value is -3.92. The summed E-state index contributed by atoms with van der Waals surface area (Å²) in [5.74, 6) is 0.335. The monoisotopic (exact) mass is 476 g/mol. The molecule has 2 aromatic carbocycles. The number of amides is 2. The Balaban J connectivity index is 1.68. The Morgan fingerprint density at radius 1 is 1.06 bits per heavy atom. The van der Waals surface area contributed by atoms with E-state index in [4.69, 9.17) is 4.52 Å². The number of aromatic nitrogens is 4. The molecule has 0 spiro atoms. The van der Waals surface area contributed by atoms with Crippen molar-refractivity contribution in [1.82, 2.24) is 19.9 Å². The molecule has 0 fully saturated rings. The second-order valence-corrected chi connectivity index (χ2v) is 8.58. The maximum absolute atomic E-state index is 12.8. The Morgan fingerprint density at radius 3 is 2.41 bits per heavy atom. The van der Waals surface area contributed by atoms with Crippen LogP contribution >= 0.6 is 11.8 Å². The minimum Gasteiger partial charge on any atom is -0.333 e. The quantitative estimate of drug-likeness (QED) is 0.376. The van der Waals surface area contributed by atoms with Gasteiger partial charge in [0.2, 0.25) is 17.6 Å². The Kier molecular flexibility index (Phi) is 6.78. The fraction of sp³-hybridized carbons (Fsp3) is 0.208. The molecule has 2 N–H and O–H groups in total. The van der Waals surface area contributed by atoms with E-state index >= 15 is 0 Å². The molecule has 4 aromatic rings. The number of rotatable bonds is 7. The topological polar surface area (TPSA) is 115 Å². The molecule has 2 heterocycles. The molecule has 9 nitrogen and oxygen atoms in total. The van der Waals surface area contributed by atoms with Gasteiger partial charge in [-0.2, -0.15) is 10.1 Å². The molecule has 0 saturated heterocycles. The van der Waals surface area contributed by atoms with Crippen molar-refractivity contribution in [1.29, 1.82) is 0 Å². The average Bonchev–Trinajstić information content (AvgIpc) is 3.38. The minimum atomic E-state index is -0.312. The summed E-state index contributed by atoms with van der Waals surface area (Å²) in [7, 11) is 0. The van der Waals surface area contributed by atoms with Gasteiger partial charge in [-0.25, -0.2) is 4.68 Å². The van der Waals surface area contributed by atoms with Crippen LogP contribution in [-0.4, -0.2) is 38.0 Å². The number of thioether (sulfide) groups is 1. The van der Waals surface area contributed by atoms with Crippen LogP contribution in [0.2, 0.25) is 0 Å². The van der Waals surface area contributed by atoms with Gasteiger partial charge in [0.05, 0.1) is 0 Å². The van der Waals surface area contributed by atoms with Crippen molar-refractivity contribution in [3.8, 4) is 22.8 Å². The molecule has 0 saturated carbocycles. The van der Waals surface area contributed by atoms with E-state index in [0.29, 0.717) is 27.9 Å². The molecular formula is C24H24N6O3S. The number of hydrogen-bond donors (Lipinski definition) is 2. The van der Waals surface area contributed by atoms with Gasteiger partial charge in [-0.3, -0.25) is 9.59 Å². The van der Waals surface area contributed by atoms with Crippen molar-refractivity contribution in [2.24, 2.45) is 0 Å². The first-order valence-electron chi connectivity index (χ1n) is 10.5. The van der Waals surface area contributed by atoms with Gasteiger partial charge in [-0.1, -0.05) is 41.6 Å². The van der Waals surface area contributed by atoms with Gasteiger partial charge in [-0.15, -0.1) is 11.8 Å². The van der Waals surface area contributed by atoms with Crippen LogP contribution in [0.4, 0.5) is 11.5 Å². The highest BCUT2D eigenvalue weighted by atomic mass is 32.2. The van der Waals surface area contributed by atoms with Crippen LogP contribution in [0.1, 0.15) is 18.1 Å². The maximum Gasteiger partial charge on any atom is 0.264 e. The van der Waals surface area contributed by atoms with E-state index < -0.39 is 0 Å². The third-order valence-electron chi connectivity index (χ3n) is 4.88. The normalized spacial score (nSPS) is 10.8. The molecule has 0 aliphatic rings. The molecule has 2 aromatic heterocycles. The molecule has 10 heteroatoms. The second kappa shape index (κ2) is 9.92. The Labute approximate surface area is 200 Å². The lowest BCUT2D eigenvalue weighted by Gasteiger charge is -2.10. The van der Waals surface area contributed by atoms with Crippen LogP contribution in [0.3, 0.4) is 0 Å². The molecule has 0 bridgehead atoms. The Bertz CT molecular complexity index is 1330. The third-order valence-corrected chi connectivity index (χ3v) is 5.55. The number of nitrogens with zero attached hydrogens (tertiary/aromatic N) is 4. The molecule has 2 amide bonds. The summed E-state index contributed by atoms with van der Waals surface area (Å²) in [5.41, 5.74) is 4.06. The molecule has 0 atom stereocenters. The van der Waals surface area contributed by atoms with E-state index in [0.717, 1.165) is 16.7 Å². The van der Waals surface area contributed by atoms with Crippen molar-refractivity contribution in [3.63, 3.8) is 0 Å². The summed E-state index contributed by atoms with van der Waals surface area (Å²) in [6, 6.07) is 15.2.